The molecular weight excluding hydrogens is 457 g/mol. The summed E-state index contributed by atoms with van der Waals surface area (Å²) in [5.74, 6) is 0. The van der Waals surface area contributed by atoms with Crippen molar-refractivity contribution in [2.75, 3.05) is 0 Å². The zero-order chi connectivity index (χ0) is 22.3. The Morgan fingerprint density at radius 1 is 0.800 bits per heavy atom. The van der Waals surface area contributed by atoms with Gasteiger partial charge in [-0.05, 0) is 63.8 Å². The summed E-state index contributed by atoms with van der Waals surface area (Å²) in [5.41, 5.74) is 10.7. The number of hydrogen-bond acceptors (Lipinski definition) is 3. The van der Waals surface area contributed by atoms with Gasteiger partial charge in [-0.2, -0.15) is 0 Å². The zero-order valence-electron chi connectivity index (χ0n) is 18.2. The van der Waals surface area contributed by atoms with Crippen molar-refractivity contribution in [1.82, 2.24) is 0 Å². The van der Waals surface area contributed by atoms with Gasteiger partial charge in [0, 0.05) is 6.42 Å². The number of rotatable bonds is 4. The summed E-state index contributed by atoms with van der Waals surface area (Å²) in [6.45, 7) is 12.5. The molecule has 0 amide bonds. The molecule has 1 heterocycles. The third-order valence-electron chi connectivity index (χ3n) is 4.97. The molecule has 3 nitrogen and oxygen atoms in total. The summed E-state index contributed by atoms with van der Waals surface area (Å²) >= 11 is 0.194. The van der Waals surface area contributed by atoms with Crippen molar-refractivity contribution in [3.05, 3.63) is 70.4 Å². The Bertz CT molecular complexity index is 996. The van der Waals surface area contributed by atoms with E-state index in [1.54, 1.807) is 0 Å². The minimum absolute atomic E-state index is 0.194. The Morgan fingerprint density at radius 3 is 1.63 bits per heavy atom. The first-order valence-electron chi connectivity index (χ1n) is 9.65. The molecule has 6 heteroatoms. The third kappa shape index (κ3) is 6.39. The molecule has 1 aliphatic rings. The Balaban J connectivity index is 0.00000101. The monoisotopic (exact) mass is 483 g/mol. The SMILES string of the molecule is CC(=Nc1c(C)cccc1C)C1=CCC(C(C)=Nc2c(C)cccc2C)=N1.[Cl][Fe][Cl]. The van der Waals surface area contributed by atoms with E-state index in [0.29, 0.717) is 0 Å². The van der Waals surface area contributed by atoms with Crippen LogP contribution in [-0.2, 0) is 13.1 Å². The van der Waals surface area contributed by atoms with Crippen molar-refractivity contribution in [2.24, 2.45) is 15.0 Å². The topological polar surface area (TPSA) is 37.1 Å². The van der Waals surface area contributed by atoms with Crippen molar-refractivity contribution in [3.63, 3.8) is 0 Å². The fraction of sp³-hybridized carbons (Fsp3) is 0.292. The zero-order valence-corrected chi connectivity index (χ0v) is 20.8. The summed E-state index contributed by atoms with van der Waals surface area (Å²) in [5, 5.41) is 0. The molecule has 2 aromatic rings. The molecule has 0 unspecified atom stereocenters. The normalized spacial score (nSPS) is 14.3. The van der Waals surface area contributed by atoms with E-state index in [-0.39, 0.29) is 13.1 Å². The van der Waals surface area contributed by atoms with Crippen molar-refractivity contribution < 1.29 is 13.1 Å². The minimum atomic E-state index is 0.194. The first kappa shape index (κ1) is 24.6. The maximum atomic E-state index is 4.86. The van der Waals surface area contributed by atoms with E-state index >= 15 is 0 Å². The van der Waals surface area contributed by atoms with Crippen LogP contribution in [-0.4, -0.2) is 17.1 Å². The van der Waals surface area contributed by atoms with E-state index in [0.717, 1.165) is 40.6 Å². The van der Waals surface area contributed by atoms with Gasteiger partial charge in [0.2, 0.25) is 0 Å². The Hall–Kier alpha value is -1.71. The number of allylic oxidation sites excluding steroid dienone is 2. The molecule has 0 atom stereocenters. The van der Waals surface area contributed by atoms with Gasteiger partial charge >= 0.3 is 33.3 Å². The van der Waals surface area contributed by atoms with E-state index < -0.39 is 0 Å². The van der Waals surface area contributed by atoms with E-state index in [2.05, 4.69) is 70.2 Å². The maximum absolute atomic E-state index is 4.86. The summed E-state index contributed by atoms with van der Waals surface area (Å²) in [7, 11) is 9.53. The van der Waals surface area contributed by atoms with Crippen LogP contribution in [0.2, 0.25) is 0 Å². The van der Waals surface area contributed by atoms with E-state index in [9.17, 15) is 0 Å². The van der Waals surface area contributed by atoms with Gasteiger partial charge in [-0.1, -0.05) is 42.5 Å². The van der Waals surface area contributed by atoms with Crippen LogP contribution in [0.1, 0.15) is 42.5 Å². The summed E-state index contributed by atoms with van der Waals surface area (Å²) in [6.07, 6.45) is 2.95. The molecule has 0 radical (unpaired) electrons. The molecular formula is C24H27Cl2FeN3. The number of benzene rings is 2. The number of aliphatic imine (C=N–C) groups is 3. The number of hydrogen-bond donors (Lipinski definition) is 0. The molecule has 3 rings (SSSR count). The predicted molar refractivity (Wildman–Crippen MR) is 129 cm³/mol. The molecule has 0 bridgehead atoms. The van der Waals surface area contributed by atoms with Crippen LogP contribution in [0.25, 0.3) is 0 Å². The first-order chi connectivity index (χ1) is 14.3. The molecule has 2 aromatic carbocycles. The van der Waals surface area contributed by atoms with Gasteiger partial charge in [0.1, 0.15) is 0 Å². The summed E-state index contributed by atoms with van der Waals surface area (Å²) in [4.78, 5) is 14.5. The Morgan fingerprint density at radius 2 is 1.20 bits per heavy atom. The number of nitrogens with zero attached hydrogens (tertiary/aromatic N) is 3. The quantitative estimate of drug-likeness (QED) is 0.313. The Kier molecular flexibility index (Phi) is 9.51. The van der Waals surface area contributed by atoms with E-state index in [1.807, 2.05) is 13.8 Å². The first-order valence-corrected chi connectivity index (χ1v) is 12.7. The van der Waals surface area contributed by atoms with Crippen LogP contribution in [0.4, 0.5) is 11.4 Å². The predicted octanol–water partition coefficient (Wildman–Crippen LogP) is 7.91. The van der Waals surface area contributed by atoms with Crippen molar-refractivity contribution >= 4 is 48.7 Å². The van der Waals surface area contributed by atoms with Crippen LogP contribution < -0.4 is 0 Å². The van der Waals surface area contributed by atoms with Gasteiger partial charge < -0.3 is 0 Å². The molecule has 0 fully saturated rings. The van der Waals surface area contributed by atoms with Crippen LogP contribution >= 0.6 is 20.2 Å². The van der Waals surface area contributed by atoms with Crippen LogP contribution in [0.3, 0.4) is 0 Å². The van der Waals surface area contributed by atoms with E-state index in [1.165, 1.54) is 22.3 Å². The molecule has 0 N–H and O–H groups in total. The van der Waals surface area contributed by atoms with Crippen molar-refractivity contribution in [1.29, 1.82) is 0 Å². The molecule has 0 aliphatic carbocycles. The van der Waals surface area contributed by atoms with Gasteiger partial charge in [-0.3, -0.25) is 9.98 Å². The fourth-order valence-corrected chi connectivity index (χ4v) is 3.31. The molecule has 1 aliphatic heterocycles. The van der Waals surface area contributed by atoms with E-state index in [4.69, 9.17) is 35.2 Å². The molecule has 160 valence electrons. The average Bonchev–Trinajstić information content (AvgIpc) is 3.19. The number of aryl methyl sites for hydroxylation is 4. The van der Waals surface area contributed by atoms with Gasteiger partial charge in [0.05, 0.1) is 34.2 Å². The van der Waals surface area contributed by atoms with Crippen LogP contribution in [0, 0.1) is 27.7 Å². The van der Waals surface area contributed by atoms with Gasteiger partial charge in [0.25, 0.3) is 0 Å². The second-order valence-electron chi connectivity index (χ2n) is 7.28. The molecule has 30 heavy (non-hydrogen) atoms. The van der Waals surface area contributed by atoms with Crippen LogP contribution in [0.15, 0.2) is 63.1 Å². The summed E-state index contributed by atoms with van der Waals surface area (Å²) in [6, 6.07) is 12.5. The number of para-hydroxylation sites is 2. The molecule has 0 saturated heterocycles. The molecule has 0 aromatic heterocycles. The molecule has 0 saturated carbocycles. The standard InChI is InChI=1S/C24H27N3.2ClH.Fe/c1-15-9-7-10-16(2)23(15)25-19(5)21-13-14-22(27-21)20(6)26-24-17(3)11-8-12-18(24)4;;;/h7-13H,14H2,1-6H3;2*1H;/q;;;+2/p-2. The van der Waals surface area contributed by atoms with Gasteiger partial charge in [0.15, 0.2) is 0 Å². The van der Waals surface area contributed by atoms with Crippen molar-refractivity contribution in [2.45, 2.75) is 48.0 Å². The third-order valence-corrected chi connectivity index (χ3v) is 4.97. The molecule has 0 spiro atoms. The van der Waals surface area contributed by atoms with Crippen molar-refractivity contribution in [3.8, 4) is 0 Å². The second-order valence-corrected chi connectivity index (χ2v) is 9.10. The van der Waals surface area contributed by atoms with Gasteiger partial charge in [-0.15, -0.1) is 0 Å². The fourth-order valence-electron chi connectivity index (χ4n) is 3.31. The van der Waals surface area contributed by atoms with Gasteiger partial charge in [-0.25, -0.2) is 4.99 Å². The second kappa shape index (κ2) is 11.6. The number of halogens is 2. The van der Waals surface area contributed by atoms with Crippen LogP contribution in [0.5, 0.6) is 0 Å². The Labute approximate surface area is 194 Å². The average molecular weight is 484 g/mol. The summed E-state index contributed by atoms with van der Waals surface area (Å²) < 4.78 is 0.